The molecule has 0 saturated carbocycles. The molecule has 0 aliphatic rings. The van der Waals surface area contributed by atoms with Crippen molar-refractivity contribution in [3.8, 4) is 0 Å². The van der Waals surface area contributed by atoms with Crippen LogP contribution in [0.2, 0.25) is 5.02 Å². The van der Waals surface area contributed by atoms with Crippen molar-refractivity contribution in [2.75, 3.05) is 6.54 Å². The Morgan fingerprint density at radius 1 is 1.25 bits per heavy atom. The predicted molar refractivity (Wildman–Crippen MR) is 90.7 cm³/mol. The average molecular weight is 370 g/mol. The lowest BCUT2D eigenvalue weighted by atomic mass is 10.2. The van der Waals surface area contributed by atoms with E-state index in [1.807, 2.05) is 12.1 Å². The largest absolute Gasteiger partial charge is 0.361 e. The third-order valence-electron chi connectivity index (χ3n) is 3.22. The molecule has 1 aromatic carbocycles. The van der Waals surface area contributed by atoms with Crippen LogP contribution < -0.4 is 5.32 Å². The second-order valence-electron chi connectivity index (χ2n) is 4.64. The summed E-state index contributed by atoms with van der Waals surface area (Å²) in [4.78, 5) is 4.66. The summed E-state index contributed by atoms with van der Waals surface area (Å²) in [5.74, 6) is 0. The van der Waals surface area contributed by atoms with Crippen molar-refractivity contribution in [1.82, 2.24) is 10.3 Å². The number of halogens is 2. The molecule has 0 spiro atoms. The van der Waals surface area contributed by atoms with Gasteiger partial charge >= 0.3 is 0 Å². The Morgan fingerprint density at radius 3 is 2.95 bits per heavy atom. The van der Waals surface area contributed by atoms with Gasteiger partial charge in [0.2, 0.25) is 0 Å². The van der Waals surface area contributed by atoms with Crippen LogP contribution in [0.5, 0.6) is 0 Å². The van der Waals surface area contributed by atoms with Gasteiger partial charge in [0.15, 0.2) is 0 Å². The van der Waals surface area contributed by atoms with Crippen LogP contribution in [0.4, 0.5) is 0 Å². The van der Waals surface area contributed by atoms with E-state index in [9.17, 15) is 0 Å². The van der Waals surface area contributed by atoms with Crippen molar-refractivity contribution in [3.63, 3.8) is 0 Å². The number of thiophene rings is 1. The molecule has 20 heavy (non-hydrogen) atoms. The van der Waals surface area contributed by atoms with E-state index in [0.29, 0.717) is 0 Å². The lowest BCUT2D eigenvalue weighted by Crippen LogP contribution is -2.15. The first-order valence-corrected chi connectivity index (χ1v) is 8.41. The lowest BCUT2D eigenvalue weighted by molar-refractivity contribution is 0.693. The highest BCUT2D eigenvalue weighted by Crippen LogP contribution is 2.23. The number of H-pyrrole nitrogens is 1. The molecule has 0 aliphatic heterocycles. The molecular weight excluding hydrogens is 356 g/mol. The number of aromatic nitrogens is 1. The fraction of sp³-hybridized carbons (Fsp3) is 0.200. The van der Waals surface area contributed by atoms with Crippen LogP contribution >= 0.6 is 38.9 Å². The van der Waals surface area contributed by atoms with E-state index >= 15 is 0 Å². The number of nitrogens with one attached hydrogen (secondary N) is 2. The van der Waals surface area contributed by atoms with E-state index in [2.05, 4.69) is 50.6 Å². The molecule has 3 rings (SSSR count). The van der Waals surface area contributed by atoms with Crippen LogP contribution in [0, 0.1) is 0 Å². The standard InChI is InChI=1S/C15H14BrClN2S/c16-15-4-2-12(20-15)5-6-18-8-10-9-19-14-7-11(17)1-3-13(10)14/h1-4,7,9,18-19H,5-6,8H2. The van der Waals surface area contributed by atoms with Crippen molar-refractivity contribution in [1.29, 1.82) is 0 Å². The highest BCUT2D eigenvalue weighted by molar-refractivity contribution is 9.11. The minimum absolute atomic E-state index is 0.766. The van der Waals surface area contributed by atoms with E-state index < -0.39 is 0 Å². The molecule has 2 heterocycles. The number of benzene rings is 1. The first-order chi connectivity index (χ1) is 9.72. The van der Waals surface area contributed by atoms with Crippen molar-refractivity contribution < 1.29 is 0 Å². The maximum absolute atomic E-state index is 5.99. The van der Waals surface area contributed by atoms with E-state index in [1.54, 1.807) is 11.3 Å². The van der Waals surface area contributed by atoms with Crippen LogP contribution in [0.1, 0.15) is 10.4 Å². The van der Waals surface area contributed by atoms with Crippen LogP contribution in [-0.2, 0) is 13.0 Å². The van der Waals surface area contributed by atoms with Gasteiger partial charge < -0.3 is 10.3 Å². The molecule has 3 aromatic rings. The summed E-state index contributed by atoms with van der Waals surface area (Å²) in [5.41, 5.74) is 2.38. The van der Waals surface area contributed by atoms with E-state index in [4.69, 9.17) is 11.6 Å². The molecule has 0 fully saturated rings. The Bertz CT molecular complexity index is 720. The maximum Gasteiger partial charge on any atom is 0.0701 e. The summed E-state index contributed by atoms with van der Waals surface area (Å²) < 4.78 is 1.20. The molecule has 2 N–H and O–H groups in total. The Balaban J connectivity index is 1.57. The zero-order valence-electron chi connectivity index (χ0n) is 10.7. The number of rotatable bonds is 5. The van der Waals surface area contributed by atoms with Crippen molar-refractivity contribution >= 4 is 49.8 Å². The first-order valence-electron chi connectivity index (χ1n) is 6.43. The van der Waals surface area contributed by atoms with Gasteiger partial charge in [0.05, 0.1) is 3.79 Å². The summed E-state index contributed by atoms with van der Waals surface area (Å²) in [6.07, 6.45) is 3.11. The van der Waals surface area contributed by atoms with Gasteiger partial charge in [-0.2, -0.15) is 0 Å². The molecule has 2 nitrogen and oxygen atoms in total. The quantitative estimate of drug-likeness (QED) is 0.610. The number of fused-ring (bicyclic) bond motifs is 1. The zero-order valence-corrected chi connectivity index (χ0v) is 13.9. The highest BCUT2D eigenvalue weighted by Gasteiger charge is 2.04. The Hall–Kier alpha value is -0.810. The summed E-state index contributed by atoms with van der Waals surface area (Å²) in [6, 6.07) is 10.2. The van der Waals surface area contributed by atoms with Crippen LogP contribution in [0.25, 0.3) is 10.9 Å². The Labute approximate surface area is 135 Å². The van der Waals surface area contributed by atoms with Crippen LogP contribution in [0.15, 0.2) is 40.3 Å². The normalized spacial score (nSPS) is 11.3. The Morgan fingerprint density at radius 2 is 2.15 bits per heavy atom. The summed E-state index contributed by atoms with van der Waals surface area (Å²) in [5, 5.41) is 5.49. The predicted octanol–water partition coefficient (Wildman–Crippen LogP) is 4.98. The molecule has 2 aromatic heterocycles. The molecule has 0 aliphatic carbocycles. The SMILES string of the molecule is Clc1ccc2c(CNCCc3ccc(Br)s3)c[nH]c2c1. The van der Waals surface area contributed by atoms with Gasteiger partial charge in [-0.25, -0.2) is 0 Å². The average Bonchev–Trinajstić information content (AvgIpc) is 3.01. The van der Waals surface area contributed by atoms with Crippen molar-refractivity contribution in [2.24, 2.45) is 0 Å². The van der Waals surface area contributed by atoms with E-state index in [0.717, 1.165) is 30.0 Å². The second kappa shape index (κ2) is 6.31. The van der Waals surface area contributed by atoms with Crippen molar-refractivity contribution in [2.45, 2.75) is 13.0 Å². The molecule has 104 valence electrons. The summed E-state index contributed by atoms with van der Waals surface area (Å²) in [7, 11) is 0. The molecular formula is C15H14BrClN2S. The van der Waals surface area contributed by atoms with Crippen LogP contribution in [0.3, 0.4) is 0 Å². The molecule has 0 atom stereocenters. The minimum atomic E-state index is 0.766. The topological polar surface area (TPSA) is 27.8 Å². The first kappa shape index (κ1) is 14.1. The monoisotopic (exact) mass is 368 g/mol. The van der Waals surface area contributed by atoms with E-state index in [-0.39, 0.29) is 0 Å². The van der Waals surface area contributed by atoms with Crippen LogP contribution in [-0.4, -0.2) is 11.5 Å². The molecule has 0 unspecified atom stereocenters. The molecule has 0 amide bonds. The maximum atomic E-state index is 5.99. The molecule has 0 saturated heterocycles. The minimum Gasteiger partial charge on any atom is -0.361 e. The zero-order chi connectivity index (χ0) is 13.9. The molecule has 0 bridgehead atoms. The summed E-state index contributed by atoms with van der Waals surface area (Å²) in [6.45, 7) is 1.85. The number of hydrogen-bond donors (Lipinski definition) is 2. The number of hydrogen-bond acceptors (Lipinski definition) is 2. The third kappa shape index (κ3) is 3.26. The highest BCUT2D eigenvalue weighted by atomic mass is 79.9. The van der Waals surface area contributed by atoms with Gasteiger partial charge in [-0.05, 0) is 52.2 Å². The van der Waals surface area contributed by atoms with Gasteiger partial charge in [0.25, 0.3) is 0 Å². The fourth-order valence-electron chi connectivity index (χ4n) is 2.23. The van der Waals surface area contributed by atoms with Gasteiger partial charge in [0.1, 0.15) is 0 Å². The van der Waals surface area contributed by atoms with Gasteiger partial charge in [-0.1, -0.05) is 17.7 Å². The third-order valence-corrected chi connectivity index (χ3v) is 5.14. The smallest absolute Gasteiger partial charge is 0.0701 e. The van der Waals surface area contributed by atoms with Gasteiger partial charge in [0, 0.05) is 40.1 Å². The van der Waals surface area contributed by atoms with Crippen molar-refractivity contribution in [3.05, 3.63) is 55.8 Å². The second-order valence-corrected chi connectivity index (χ2v) is 7.62. The molecule has 5 heteroatoms. The van der Waals surface area contributed by atoms with E-state index in [1.165, 1.54) is 19.6 Å². The fourth-order valence-corrected chi connectivity index (χ4v) is 3.88. The summed E-state index contributed by atoms with van der Waals surface area (Å²) >= 11 is 11.3. The lowest BCUT2D eigenvalue weighted by Gasteiger charge is -2.03. The van der Waals surface area contributed by atoms with Gasteiger partial charge in [-0.3, -0.25) is 0 Å². The Kier molecular flexibility index (Phi) is 4.46. The number of aromatic amines is 1. The van der Waals surface area contributed by atoms with Gasteiger partial charge in [-0.15, -0.1) is 11.3 Å². The molecule has 0 radical (unpaired) electrons.